The normalized spacial score (nSPS) is 9.68. The second kappa shape index (κ2) is 5.63. The summed E-state index contributed by atoms with van der Waals surface area (Å²) < 4.78 is 0. The van der Waals surface area contributed by atoms with Crippen LogP contribution in [-0.4, -0.2) is 16.9 Å². The largest absolute Gasteiger partial charge is 0.350 e. The number of nitrogens with two attached hydrogens (primary N) is 1. The monoisotopic (exact) mass is 256 g/mol. The highest BCUT2D eigenvalue weighted by Crippen LogP contribution is 2.11. The van der Waals surface area contributed by atoms with Crippen molar-refractivity contribution in [2.75, 3.05) is 5.01 Å². The van der Waals surface area contributed by atoms with E-state index in [0.29, 0.717) is 5.56 Å². The van der Waals surface area contributed by atoms with Crippen LogP contribution in [-0.2, 0) is 0 Å². The van der Waals surface area contributed by atoms with Gasteiger partial charge in [-0.1, -0.05) is 24.3 Å². The molecule has 0 saturated heterocycles. The van der Waals surface area contributed by atoms with Gasteiger partial charge in [-0.3, -0.25) is 4.79 Å². The van der Waals surface area contributed by atoms with Crippen LogP contribution in [0.3, 0.4) is 0 Å². The van der Waals surface area contributed by atoms with Crippen LogP contribution in [0.5, 0.6) is 0 Å². The van der Waals surface area contributed by atoms with Crippen LogP contribution in [0, 0.1) is 0 Å². The fraction of sp³-hybridized carbons (Fsp3) is 0. The minimum atomic E-state index is -0.838. The van der Waals surface area contributed by atoms with Gasteiger partial charge in [0.15, 0.2) is 5.82 Å². The lowest BCUT2D eigenvalue weighted by atomic mass is 10.2. The maximum atomic E-state index is 12.3. The average molecular weight is 256 g/mol. The number of carbonyl (C=O) groups is 2. The van der Waals surface area contributed by atoms with Crippen molar-refractivity contribution in [3.8, 4) is 0 Å². The number of primary amides is 1. The summed E-state index contributed by atoms with van der Waals surface area (Å²) in [7, 11) is 0. The molecule has 1 aromatic heterocycles. The van der Waals surface area contributed by atoms with Crippen molar-refractivity contribution < 1.29 is 9.59 Å². The van der Waals surface area contributed by atoms with Crippen molar-refractivity contribution in [2.45, 2.75) is 0 Å². The third-order valence-corrected chi connectivity index (χ3v) is 2.32. The molecule has 3 amide bonds. The fourth-order valence-electron chi connectivity index (χ4n) is 1.52. The van der Waals surface area contributed by atoms with E-state index < -0.39 is 11.9 Å². The number of hydrogen-bond acceptors (Lipinski definition) is 3. The molecule has 0 aliphatic heterocycles. The highest BCUT2D eigenvalue weighted by Gasteiger charge is 2.19. The summed E-state index contributed by atoms with van der Waals surface area (Å²) in [4.78, 5) is 27.3. The molecule has 2 rings (SSSR count). The summed E-state index contributed by atoms with van der Waals surface area (Å²) in [5.74, 6) is -0.131. The average Bonchev–Trinajstić information content (AvgIpc) is 2.46. The SMILES string of the molecule is NC(=O)NN(C(=O)c1ccccc1)c1ccccn1. The molecule has 0 fully saturated rings. The number of nitrogens with one attached hydrogen (secondary N) is 1. The maximum absolute atomic E-state index is 12.3. The summed E-state index contributed by atoms with van der Waals surface area (Å²) in [5, 5.41) is 1.01. The minimum Gasteiger partial charge on any atom is -0.350 e. The molecule has 0 atom stereocenters. The Labute approximate surface area is 109 Å². The van der Waals surface area contributed by atoms with Crippen molar-refractivity contribution >= 4 is 17.8 Å². The molecule has 0 unspecified atom stereocenters. The van der Waals surface area contributed by atoms with E-state index in [1.165, 1.54) is 6.20 Å². The van der Waals surface area contributed by atoms with Crippen LogP contribution in [0.4, 0.5) is 10.6 Å². The van der Waals surface area contributed by atoms with Crippen molar-refractivity contribution in [1.29, 1.82) is 0 Å². The van der Waals surface area contributed by atoms with Crippen molar-refractivity contribution in [3.05, 3.63) is 60.3 Å². The second-order valence-corrected chi connectivity index (χ2v) is 3.67. The number of pyridine rings is 1. The van der Waals surface area contributed by atoms with Gasteiger partial charge in [0.25, 0.3) is 5.91 Å². The number of hydrazine groups is 1. The Morgan fingerprint density at radius 3 is 2.32 bits per heavy atom. The number of hydrogen-bond donors (Lipinski definition) is 2. The van der Waals surface area contributed by atoms with Gasteiger partial charge in [0.2, 0.25) is 0 Å². The topological polar surface area (TPSA) is 88.3 Å². The molecule has 2 aromatic rings. The molecule has 6 nitrogen and oxygen atoms in total. The molecule has 0 bridgehead atoms. The lowest BCUT2D eigenvalue weighted by Crippen LogP contribution is -2.49. The molecular formula is C13H12N4O2. The predicted molar refractivity (Wildman–Crippen MR) is 70.2 cm³/mol. The van der Waals surface area contributed by atoms with Crippen molar-refractivity contribution in [1.82, 2.24) is 10.4 Å². The van der Waals surface area contributed by atoms with E-state index in [0.717, 1.165) is 5.01 Å². The van der Waals surface area contributed by atoms with Gasteiger partial charge in [-0.2, -0.15) is 5.01 Å². The Morgan fingerprint density at radius 1 is 1.05 bits per heavy atom. The molecule has 0 radical (unpaired) electrons. The molecule has 0 saturated carbocycles. The molecule has 1 heterocycles. The fourth-order valence-corrected chi connectivity index (χ4v) is 1.52. The molecule has 3 N–H and O–H groups in total. The number of urea groups is 1. The lowest BCUT2D eigenvalue weighted by molar-refractivity contribution is 0.0975. The number of amides is 3. The second-order valence-electron chi connectivity index (χ2n) is 3.67. The van der Waals surface area contributed by atoms with E-state index in [9.17, 15) is 9.59 Å². The highest BCUT2D eigenvalue weighted by molar-refractivity contribution is 6.06. The summed E-state index contributed by atoms with van der Waals surface area (Å²) in [6, 6.07) is 12.7. The Balaban J connectivity index is 2.33. The first kappa shape index (κ1) is 12.6. The van der Waals surface area contributed by atoms with Crippen LogP contribution in [0.1, 0.15) is 10.4 Å². The van der Waals surface area contributed by atoms with Gasteiger partial charge in [0.1, 0.15) is 0 Å². The third-order valence-electron chi connectivity index (χ3n) is 2.32. The minimum absolute atomic E-state index is 0.287. The standard InChI is InChI=1S/C13H12N4O2/c14-13(19)16-17(11-8-4-5-9-15-11)12(18)10-6-2-1-3-7-10/h1-9H,(H3,14,16,19). The molecule has 0 spiro atoms. The zero-order chi connectivity index (χ0) is 13.7. The van der Waals surface area contributed by atoms with Gasteiger partial charge < -0.3 is 5.73 Å². The number of aromatic nitrogens is 1. The van der Waals surface area contributed by atoms with E-state index in [2.05, 4.69) is 10.4 Å². The third kappa shape index (κ3) is 3.06. The Kier molecular flexibility index (Phi) is 3.72. The molecule has 0 aliphatic rings. The van der Waals surface area contributed by atoms with Crippen LogP contribution < -0.4 is 16.2 Å². The first-order chi connectivity index (χ1) is 9.18. The van der Waals surface area contributed by atoms with Crippen molar-refractivity contribution in [2.24, 2.45) is 5.73 Å². The molecule has 96 valence electrons. The van der Waals surface area contributed by atoms with E-state index in [4.69, 9.17) is 5.73 Å². The molecular weight excluding hydrogens is 244 g/mol. The number of benzene rings is 1. The van der Waals surface area contributed by atoms with Crippen LogP contribution in [0.15, 0.2) is 54.7 Å². The Morgan fingerprint density at radius 2 is 1.74 bits per heavy atom. The maximum Gasteiger partial charge on any atom is 0.331 e. The Hall–Kier alpha value is -2.89. The molecule has 0 aliphatic carbocycles. The number of anilines is 1. The summed E-state index contributed by atoms with van der Waals surface area (Å²) >= 11 is 0. The van der Waals surface area contributed by atoms with E-state index in [1.807, 2.05) is 0 Å². The van der Waals surface area contributed by atoms with E-state index in [1.54, 1.807) is 48.5 Å². The van der Waals surface area contributed by atoms with E-state index in [-0.39, 0.29) is 5.82 Å². The first-order valence-corrected chi connectivity index (χ1v) is 5.55. The zero-order valence-corrected chi connectivity index (χ0v) is 9.98. The summed E-state index contributed by atoms with van der Waals surface area (Å²) in [6.45, 7) is 0. The van der Waals surface area contributed by atoms with Crippen molar-refractivity contribution in [3.63, 3.8) is 0 Å². The Bertz CT molecular complexity index is 572. The zero-order valence-electron chi connectivity index (χ0n) is 9.98. The van der Waals surface area contributed by atoms with Crippen LogP contribution in [0.25, 0.3) is 0 Å². The number of carbonyl (C=O) groups excluding carboxylic acids is 2. The highest BCUT2D eigenvalue weighted by atomic mass is 16.2. The molecule has 19 heavy (non-hydrogen) atoms. The predicted octanol–water partition coefficient (Wildman–Crippen LogP) is 1.31. The van der Waals surface area contributed by atoms with E-state index >= 15 is 0 Å². The van der Waals surface area contributed by atoms with Gasteiger partial charge in [0, 0.05) is 11.8 Å². The quantitative estimate of drug-likeness (QED) is 0.794. The van der Waals surface area contributed by atoms with Crippen LogP contribution >= 0.6 is 0 Å². The van der Waals surface area contributed by atoms with Gasteiger partial charge in [0.05, 0.1) is 0 Å². The molecule has 6 heteroatoms. The van der Waals surface area contributed by atoms with Crippen LogP contribution in [0.2, 0.25) is 0 Å². The summed E-state index contributed by atoms with van der Waals surface area (Å²) in [5.41, 5.74) is 7.75. The lowest BCUT2D eigenvalue weighted by Gasteiger charge is -2.20. The molecule has 1 aromatic carbocycles. The van der Waals surface area contributed by atoms with Gasteiger partial charge in [-0.25, -0.2) is 15.2 Å². The summed E-state index contributed by atoms with van der Waals surface area (Å²) in [6.07, 6.45) is 1.52. The van der Waals surface area contributed by atoms with Gasteiger partial charge in [-0.15, -0.1) is 0 Å². The first-order valence-electron chi connectivity index (χ1n) is 5.55. The van der Waals surface area contributed by atoms with Gasteiger partial charge in [-0.05, 0) is 24.3 Å². The number of nitrogens with zero attached hydrogens (tertiary/aromatic N) is 2. The smallest absolute Gasteiger partial charge is 0.331 e. The number of rotatable bonds is 2. The van der Waals surface area contributed by atoms with Gasteiger partial charge >= 0.3 is 6.03 Å².